The molecule has 0 spiro atoms. The van der Waals surface area contributed by atoms with Crippen LogP contribution in [0.3, 0.4) is 0 Å². The molecule has 4 rings (SSSR count). The van der Waals surface area contributed by atoms with Gasteiger partial charge in [-0.05, 0) is 61.4 Å². The summed E-state index contributed by atoms with van der Waals surface area (Å²) in [6.45, 7) is 0.304. The van der Waals surface area contributed by atoms with E-state index in [0.717, 1.165) is 16.3 Å². The third-order valence-electron chi connectivity index (χ3n) is 4.50. The van der Waals surface area contributed by atoms with E-state index in [1.54, 1.807) is 12.1 Å². The molecule has 4 heteroatoms. The van der Waals surface area contributed by atoms with E-state index in [0.29, 0.717) is 23.5 Å². The van der Waals surface area contributed by atoms with Gasteiger partial charge in [0.05, 0.1) is 10.7 Å². The van der Waals surface area contributed by atoms with Gasteiger partial charge in [0.2, 0.25) is 0 Å². The number of nitrogens with zero attached hydrogens (tertiary/aromatic N) is 1. The van der Waals surface area contributed by atoms with E-state index in [9.17, 15) is 4.39 Å². The van der Waals surface area contributed by atoms with E-state index in [4.69, 9.17) is 4.74 Å². The molecule has 1 aromatic carbocycles. The number of hydrogen-bond acceptors (Lipinski definition) is 3. The Bertz CT molecular complexity index is 698. The highest BCUT2D eigenvalue weighted by molar-refractivity contribution is 7.99. The summed E-state index contributed by atoms with van der Waals surface area (Å²) in [6.07, 6.45) is 6.25. The Morgan fingerprint density at radius 2 is 2.00 bits per heavy atom. The molecule has 23 heavy (non-hydrogen) atoms. The van der Waals surface area contributed by atoms with Crippen LogP contribution in [0.2, 0.25) is 0 Å². The van der Waals surface area contributed by atoms with E-state index in [2.05, 4.69) is 4.98 Å². The lowest BCUT2D eigenvalue weighted by Crippen LogP contribution is -2.13. The van der Waals surface area contributed by atoms with Gasteiger partial charge < -0.3 is 4.74 Å². The van der Waals surface area contributed by atoms with Crippen LogP contribution < -0.4 is 4.74 Å². The van der Waals surface area contributed by atoms with Crippen molar-refractivity contribution in [2.24, 2.45) is 0 Å². The van der Waals surface area contributed by atoms with Crippen LogP contribution in [0.5, 0.6) is 5.75 Å². The molecule has 0 radical (unpaired) electrons. The average Bonchev–Trinajstić information content (AvgIpc) is 3.35. The van der Waals surface area contributed by atoms with Crippen molar-refractivity contribution in [3.8, 4) is 5.75 Å². The fraction of sp³-hybridized carbons (Fsp3) is 0.421. The van der Waals surface area contributed by atoms with Crippen molar-refractivity contribution >= 4 is 11.8 Å². The van der Waals surface area contributed by atoms with Crippen LogP contribution in [0, 0.1) is 5.82 Å². The van der Waals surface area contributed by atoms with E-state index in [1.165, 1.54) is 32.1 Å². The predicted octanol–water partition coefficient (Wildman–Crippen LogP) is 5.32. The van der Waals surface area contributed by atoms with Crippen molar-refractivity contribution in [2.45, 2.75) is 54.9 Å². The summed E-state index contributed by atoms with van der Waals surface area (Å²) in [6, 6.07) is 11.3. The Morgan fingerprint density at radius 1 is 1.13 bits per heavy atom. The molecule has 0 atom stereocenters. The smallest absolute Gasteiger partial charge is 0.165 e. The van der Waals surface area contributed by atoms with Crippen LogP contribution >= 0.6 is 11.8 Å². The van der Waals surface area contributed by atoms with Crippen molar-refractivity contribution < 1.29 is 9.13 Å². The van der Waals surface area contributed by atoms with E-state index >= 15 is 0 Å². The van der Waals surface area contributed by atoms with Crippen LogP contribution in [0.1, 0.15) is 49.3 Å². The zero-order valence-corrected chi connectivity index (χ0v) is 13.8. The van der Waals surface area contributed by atoms with Gasteiger partial charge in [-0.3, -0.25) is 0 Å². The largest absolute Gasteiger partial charge is 0.484 e. The summed E-state index contributed by atoms with van der Waals surface area (Å²) in [5, 5.41) is 1.76. The molecular weight excluding hydrogens is 309 g/mol. The highest BCUT2D eigenvalue weighted by Gasteiger charge is 2.24. The van der Waals surface area contributed by atoms with Crippen LogP contribution in [0.25, 0.3) is 0 Å². The van der Waals surface area contributed by atoms with Crippen molar-refractivity contribution in [2.75, 3.05) is 0 Å². The maximum absolute atomic E-state index is 14.1. The van der Waals surface area contributed by atoms with Gasteiger partial charge >= 0.3 is 0 Å². The number of benzene rings is 1. The third-order valence-corrected chi connectivity index (χ3v) is 5.77. The summed E-state index contributed by atoms with van der Waals surface area (Å²) < 4.78 is 19.7. The van der Waals surface area contributed by atoms with E-state index < -0.39 is 0 Å². The van der Waals surface area contributed by atoms with Gasteiger partial charge in [-0.25, -0.2) is 9.37 Å². The molecule has 0 bridgehead atoms. The summed E-state index contributed by atoms with van der Waals surface area (Å²) in [4.78, 5) is 4.61. The van der Waals surface area contributed by atoms with Crippen LogP contribution in [0.15, 0.2) is 41.4 Å². The highest BCUT2D eigenvalue weighted by Crippen LogP contribution is 2.41. The lowest BCUT2D eigenvalue weighted by molar-refractivity contribution is 0.285. The molecule has 1 heterocycles. The van der Waals surface area contributed by atoms with Gasteiger partial charge in [-0.2, -0.15) is 0 Å². The van der Waals surface area contributed by atoms with Crippen molar-refractivity contribution in [1.29, 1.82) is 0 Å². The van der Waals surface area contributed by atoms with Gasteiger partial charge in [0.25, 0.3) is 0 Å². The molecule has 0 N–H and O–H groups in total. The first-order chi connectivity index (χ1) is 11.3. The number of pyridine rings is 1. The molecule has 0 amide bonds. The Balaban J connectivity index is 1.39. The normalized spacial score (nSPS) is 17.8. The average molecular weight is 329 g/mol. The molecule has 2 fully saturated rings. The number of ether oxygens (including phenoxy) is 1. The molecular formula is C19H20FNOS. The molecule has 0 aliphatic heterocycles. The summed E-state index contributed by atoms with van der Waals surface area (Å²) in [5.74, 6) is 0.600. The molecule has 120 valence electrons. The molecule has 2 aliphatic rings. The number of halogens is 1. The zero-order chi connectivity index (χ0) is 15.6. The lowest BCUT2D eigenvalue weighted by Gasteiger charge is -2.24. The number of aromatic nitrogens is 1. The minimum absolute atomic E-state index is 0.269. The van der Waals surface area contributed by atoms with E-state index in [1.807, 2.05) is 36.0 Å². The molecule has 0 saturated heterocycles. The van der Waals surface area contributed by atoms with Gasteiger partial charge in [0.15, 0.2) is 11.6 Å². The van der Waals surface area contributed by atoms with Gasteiger partial charge in [-0.15, -0.1) is 11.8 Å². The fourth-order valence-electron chi connectivity index (χ4n) is 2.72. The molecule has 0 unspecified atom stereocenters. The standard InChI is InChI=1S/C19H20FNOS/c20-17-11-14(13-7-8-13)9-10-18(17)22-12-15-3-1-6-19(21-15)23-16-4-2-5-16/h1,3,6,9-11,13,16H,2,4-5,7-8,12H2. The molecule has 2 aromatic rings. The zero-order valence-electron chi connectivity index (χ0n) is 13.0. The summed E-state index contributed by atoms with van der Waals surface area (Å²) in [7, 11) is 0. The number of hydrogen-bond donors (Lipinski definition) is 0. The van der Waals surface area contributed by atoms with Gasteiger partial charge in [-0.1, -0.05) is 18.6 Å². The Labute approximate surface area is 140 Å². The minimum atomic E-state index is -0.269. The first-order valence-electron chi connectivity index (χ1n) is 8.33. The second-order valence-corrected chi connectivity index (χ2v) is 7.71. The summed E-state index contributed by atoms with van der Waals surface area (Å²) >= 11 is 1.84. The van der Waals surface area contributed by atoms with Crippen molar-refractivity contribution in [1.82, 2.24) is 4.98 Å². The molecule has 2 saturated carbocycles. The predicted molar refractivity (Wildman–Crippen MR) is 90.4 cm³/mol. The summed E-state index contributed by atoms with van der Waals surface area (Å²) in [5.41, 5.74) is 1.94. The van der Waals surface area contributed by atoms with Crippen LogP contribution in [-0.2, 0) is 6.61 Å². The second-order valence-electron chi connectivity index (χ2n) is 6.39. The quantitative estimate of drug-likeness (QED) is 0.716. The lowest BCUT2D eigenvalue weighted by atomic mass is 10.0. The molecule has 2 nitrogen and oxygen atoms in total. The van der Waals surface area contributed by atoms with E-state index in [-0.39, 0.29) is 5.82 Å². The topological polar surface area (TPSA) is 22.1 Å². The maximum atomic E-state index is 14.1. The SMILES string of the molecule is Fc1cc(C2CC2)ccc1OCc1cccc(SC2CCC2)n1. The van der Waals surface area contributed by atoms with Crippen LogP contribution in [0.4, 0.5) is 4.39 Å². The molecule has 1 aromatic heterocycles. The second kappa shape index (κ2) is 6.52. The Morgan fingerprint density at radius 3 is 2.70 bits per heavy atom. The Kier molecular flexibility index (Phi) is 4.25. The minimum Gasteiger partial charge on any atom is -0.484 e. The monoisotopic (exact) mass is 329 g/mol. The van der Waals surface area contributed by atoms with Gasteiger partial charge in [0, 0.05) is 5.25 Å². The third kappa shape index (κ3) is 3.69. The first kappa shape index (κ1) is 15.0. The highest BCUT2D eigenvalue weighted by atomic mass is 32.2. The number of thioether (sulfide) groups is 1. The Hall–Kier alpha value is -1.55. The molecule has 2 aliphatic carbocycles. The first-order valence-corrected chi connectivity index (χ1v) is 9.21. The van der Waals surface area contributed by atoms with Crippen LogP contribution in [-0.4, -0.2) is 10.2 Å². The van der Waals surface area contributed by atoms with Crippen molar-refractivity contribution in [3.05, 3.63) is 53.5 Å². The maximum Gasteiger partial charge on any atom is 0.165 e. The van der Waals surface area contributed by atoms with Crippen molar-refractivity contribution in [3.63, 3.8) is 0 Å². The van der Waals surface area contributed by atoms with Gasteiger partial charge in [0.1, 0.15) is 6.61 Å². The number of rotatable bonds is 6. The fourth-order valence-corrected chi connectivity index (χ4v) is 3.96.